The predicted octanol–water partition coefficient (Wildman–Crippen LogP) is 3.13. The molecule has 5 rings (SSSR count). The lowest BCUT2D eigenvalue weighted by Crippen LogP contribution is -2.40. The highest BCUT2D eigenvalue weighted by atomic mass is 16.5. The quantitative estimate of drug-likeness (QED) is 0.661. The molecule has 0 aliphatic carbocycles. The van der Waals surface area contributed by atoms with Crippen molar-refractivity contribution < 1.29 is 4.74 Å². The van der Waals surface area contributed by atoms with Crippen molar-refractivity contribution >= 4 is 10.9 Å². The van der Waals surface area contributed by atoms with Gasteiger partial charge in [0.15, 0.2) is 5.82 Å². The molecule has 2 aliphatic heterocycles. The van der Waals surface area contributed by atoms with E-state index in [9.17, 15) is 4.79 Å². The van der Waals surface area contributed by atoms with Crippen LogP contribution >= 0.6 is 0 Å². The standard InChI is InChI=1S/C24H32N6O2/c1-15-6-8-29(9-7-15)22(23-26-27-28-30(23)14-19-5-4-10-32-19)20-13-18-11-16(2)17(3)12-21(18)25-24(20)31/h11-13,15,19,22H,4-10,14H2,1-3H3,(H,25,31)/t19-,22-/m0/s1. The first-order chi connectivity index (χ1) is 15.5. The Morgan fingerprint density at radius 3 is 2.69 bits per heavy atom. The number of fused-ring (bicyclic) bond motifs is 1. The number of nitrogens with one attached hydrogen (secondary N) is 1. The fourth-order valence-electron chi connectivity index (χ4n) is 5.00. The summed E-state index contributed by atoms with van der Waals surface area (Å²) in [7, 11) is 0. The number of benzene rings is 1. The first-order valence-electron chi connectivity index (χ1n) is 11.8. The molecule has 4 heterocycles. The summed E-state index contributed by atoms with van der Waals surface area (Å²) >= 11 is 0. The van der Waals surface area contributed by atoms with E-state index in [1.54, 1.807) is 0 Å². The van der Waals surface area contributed by atoms with Gasteiger partial charge in [0.05, 0.1) is 12.6 Å². The molecule has 0 saturated carbocycles. The van der Waals surface area contributed by atoms with Crippen LogP contribution in [0.4, 0.5) is 0 Å². The van der Waals surface area contributed by atoms with E-state index in [0.717, 1.165) is 62.1 Å². The molecule has 2 fully saturated rings. The zero-order valence-electron chi connectivity index (χ0n) is 19.2. The summed E-state index contributed by atoms with van der Waals surface area (Å²) in [6, 6.07) is 5.95. The lowest BCUT2D eigenvalue weighted by Gasteiger charge is -2.36. The van der Waals surface area contributed by atoms with Gasteiger partial charge in [0, 0.05) is 17.7 Å². The molecule has 2 saturated heterocycles. The second-order valence-electron chi connectivity index (χ2n) is 9.55. The number of aromatic amines is 1. The molecule has 0 radical (unpaired) electrons. The fraction of sp³-hybridized carbons (Fsp3) is 0.583. The lowest BCUT2D eigenvalue weighted by molar-refractivity contribution is 0.0894. The van der Waals surface area contributed by atoms with Crippen LogP contribution < -0.4 is 5.56 Å². The fourth-order valence-corrected chi connectivity index (χ4v) is 5.00. The van der Waals surface area contributed by atoms with E-state index in [2.05, 4.69) is 58.3 Å². The molecule has 1 N–H and O–H groups in total. The van der Waals surface area contributed by atoms with E-state index in [1.165, 1.54) is 11.1 Å². The number of tetrazole rings is 1. The molecule has 2 aromatic heterocycles. The third-order valence-corrected chi connectivity index (χ3v) is 7.17. The minimum Gasteiger partial charge on any atom is -0.376 e. The van der Waals surface area contributed by atoms with E-state index >= 15 is 0 Å². The van der Waals surface area contributed by atoms with Crippen molar-refractivity contribution in [1.82, 2.24) is 30.1 Å². The van der Waals surface area contributed by atoms with Gasteiger partial charge in [-0.3, -0.25) is 9.69 Å². The molecule has 3 aromatic rings. The van der Waals surface area contributed by atoms with E-state index in [0.29, 0.717) is 18.0 Å². The third kappa shape index (κ3) is 4.09. The van der Waals surface area contributed by atoms with E-state index in [4.69, 9.17) is 4.74 Å². The molecule has 0 bridgehead atoms. The van der Waals surface area contributed by atoms with Gasteiger partial charge in [-0.2, -0.15) is 0 Å². The maximum absolute atomic E-state index is 13.3. The summed E-state index contributed by atoms with van der Waals surface area (Å²) in [6.07, 6.45) is 4.42. The first-order valence-corrected chi connectivity index (χ1v) is 11.8. The van der Waals surface area contributed by atoms with Crippen molar-refractivity contribution in [1.29, 1.82) is 0 Å². The van der Waals surface area contributed by atoms with Crippen molar-refractivity contribution in [3.63, 3.8) is 0 Å². The second kappa shape index (κ2) is 8.75. The summed E-state index contributed by atoms with van der Waals surface area (Å²) in [5, 5.41) is 13.8. The highest BCUT2D eigenvalue weighted by molar-refractivity contribution is 5.81. The Morgan fingerprint density at radius 1 is 1.16 bits per heavy atom. The Labute approximate surface area is 188 Å². The van der Waals surface area contributed by atoms with Gasteiger partial charge in [0.25, 0.3) is 5.56 Å². The summed E-state index contributed by atoms with van der Waals surface area (Å²) in [4.78, 5) is 18.8. The van der Waals surface area contributed by atoms with Crippen LogP contribution in [-0.4, -0.2) is 55.9 Å². The number of likely N-dealkylation sites (tertiary alicyclic amines) is 1. The van der Waals surface area contributed by atoms with Gasteiger partial charge in [-0.15, -0.1) is 5.10 Å². The van der Waals surface area contributed by atoms with E-state index in [-0.39, 0.29) is 17.7 Å². The van der Waals surface area contributed by atoms with Crippen molar-refractivity contribution in [3.05, 3.63) is 51.1 Å². The van der Waals surface area contributed by atoms with Crippen LogP contribution in [-0.2, 0) is 11.3 Å². The van der Waals surface area contributed by atoms with Gasteiger partial charge in [0.2, 0.25) is 0 Å². The van der Waals surface area contributed by atoms with Crippen molar-refractivity contribution in [2.24, 2.45) is 5.92 Å². The average Bonchev–Trinajstić information content (AvgIpc) is 3.44. The summed E-state index contributed by atoms with van der Waals surface area (Å²) in [5.74, 6) is 1.42. The molecular formula is C24H32N6O2. The van der Waals surface area contributed by atoms with Crippen LogP contribution in [0.15, 0.2) is 23.0 Å². The number of aryl methyl sites for hydroxylation is 2. The van der Waals surface area contributed by atoms with Crippen LogP contribution in [0.5, 0.6) is 0 Å². The van der Waals surface area contributed by atoms with Gasteiger partial charge < -0.3 is 9.72 Å². The maximum Gasteiger partial charge on any atom is 0.253 e. The first kappa shape index (κ1) is 21.3. The maximum atomic E-state index is 13.3. The smallest absolute Gasteiger partial charge is 0.253 e. The minimum absolute atomic E-state index is 0.0731. The monoisotopic (exact) mass is 436 g/mol. The number of pyridine rings is 1. The van der Waals surface area contributed by atoms with Crippen LogP contribution in [0, 0.1) is 19.8 Å². The van der Waals surface area contributed by atoms with Crippen molar-refractivity contribution in [3.8, 4) is 0 Å². The minimum atomic E-state index is -0.284. The molecule has 1 aromatic carbocycles. The van der Waals surface area contributed by atoms with Gasteiger partial charge in [0.1, 0.15) is 6.04 Å². The largest absolute Gasteiger partial charge is 0.376 e. The average molecular weight is 437 g/mol. The Balaban J connectivity index is 1.60. The molecule has 0 spiro atoms. The molecule has 8 heteroatoms. The number of nitrogens with zero attached hydrogens (tertiary/aromatic N) is 5. The van der Waals surface area contributed by atoms with Crippen LogP contribution in [0.1, 0.15) is 61.2 Å². The summed E-state index contributed by atoms with van der Waals surface area (Å²) in [6.45, 7) is 9.71. The van der Waals surface area contributed by atoms with E-state index in [1.807, 2.05) is 10.7 Å². The zero-order valence-corrected chi connectivity index (χ0v) is 19.2. The second-order valence-corrected chi connectivity index (χ2v) is 9.55. The Morgan fingerprint density at radius 2 is 1.94 bits per heavy atom. The normalized spacial score (nSPS) is 21.4. The Hall–Kier alpha value is -2.58. The number of piperidine rings is 1. The van der Waals surface area contributed by atoms with Gasteiger partial charge >= 0.3 is 0 Å². The number of H-pyrrole nitrogens is 1. The topological polar surface area (TPSA) is 88.9 Å². The number of rotatable bonds is 5. The van der Waals surface area contributed by atoms with Gasteiger partial charge in [-0.25, -0.2) is 4.68 Å². The molecule has 170 valence electrons. The van der Waals surface area contributed by atoms with Gasteiger partial charge in [-0.05, 0) is 104 Å². The number of aromatic nitrogens is 5. The van der Waals surface area contributed by atoms with Crippen LogP contribution in [0.3, 0.4) is 0 Å². The Bertz CT molecular complexity index is 1150. The van der Waals surface area contributed by atoms with Crippen LogP contribution in [0.2, 0.25) is 0 Å². The Kier molecular flexibility index (Phi) is 5.82. The lowest BCUT2D eigenvalue weighted by atomic mass is 9.95. The summed E-state index contributed by atoms with van der Waals surface area (Å²) in [5.41, 5.74) is 3.88. The summed E-state index contributed by atoms with van der Waals surface area (Å²) < 4.78 is 7.68. The highest BCUT2D eigenvalue weighted by Crippen LogP contribution is 2.31. The van der Waals surface area contributed by atoms with Crippen LogP contribution in [0.25, 0.3) is 10.9 Å². The zero-order chi connectivity index (χ0) is 22.2. The third-order valence-electron chi connectivity index (χ3n) is 7.17. The number of hydrogen-bond donors (Lipinski definition) is 1. The highest BCUT2D eigenvalue weighted by Gasteiger charge is 2.33. The van der Waals surface area contributed by atoms with Crippen molar-refractivity contribution in [2.45, 2.75) is 65.1 Å². The molecule has 2 aliphatic rings. The number of hydrogen-bond acceptors (Lipinski definition) is 6. The van der Waals surface area contributed by atoms with Crippen molar-refractivity contribution in [2.75, 3.05) is 19.7 Å². The molecule has 0 amide bonds. The molecular weight excluding hydrogens is 404 g/mol. The number of ether oxygens (including phenoxy) is 1. The van der Waals surface area contributed by atoms with E-state index < -0.39 is 0 Å². The van der Waals surface area contributed by atoms with Gasteiger partial charge in [-0.1, -0.05) is 6.92 Å². The SMILES string of the molecule is Cc1cc2cc([C@@H](c3nnnn3C[C@@H]3CCCO3)N3CCC(C)CC3)c(=O)[nH]c2cc1C. The molecule has 8 nitrogen and oxygen atoms in total. The molecule has 32 heavy (non-hydrogen) atoms. The molecule has 0 unspecified atom stereocenters. The predicted molar refractivity (Wildman–Crippen MR) is 123 cm³/mol. The molecule has 2 atom stereocenters.